The first-order valence-corrected chi connectivity index (χ1v) is 5.11. The van der Waals surface area contributed by atoms with Crippen LogP contribution in [0.2, 0.25) is 0 Å². The van der Waals surface area contributed by atoms with Crippen LogP contribution in [0.25, 0.3) is 0 Å². The Morgan fingerprint density at radius 1 is 1.42 bits per heavy atom. The van der Waals surface area contributed by atoms with E-state index in [1.807, 2.05) is 0 Å². The molecule has 12 heavy (non-hydrogen) atoms. The number of aliphatic hydroxyl groups excluding tert-OH is 1. The van der Waals surface area contributed by atoms with Gasteiger partial charge in [0.2, 0.25) is 0 Å². The van der Waals surface area contributed by atoms with Crippen LogP contribution in [-0.2, 0) is 9.13 Å². The molecule has 0 aromatic rings. The molecular formula is C2H10KO7P2+. The Hall–Kier alpha value is 1.77. The topological polar surface area (TPSA) is 135 Å². The van der Waals surface area contributed by atoms with Crippen molar-refractivity contribution in [3.63, 3.8) is 0 Å². The molecule has 70 valence electrons. The average Bonchev–Trinajstić information content (AvgIpc) is 1.59. The molecule has 0 heterocycles. The Balaban J connectivity index is -0.0000000600. The quantitative estimate of drug-likeness (QED) is 0.237. The zero-order valence-corrected chi connectivity index (χ0v) is 11.4. The minimum Gasteiger partial charge on any atom is -1.00 e. The van der Waals surface area contributed by atoms with E-state index >= 15 is 0 Å². The minimum absolute atomic E-state index is 0. The van der Waals surface area contributed by atoms with Gasteiger partial charge >= 0.3 is 67.2 Å². The van der Waals surface area contributed by atoms with E-state index in [0.717, 1.165) is 6.92 Å². The van der Waals surface area contributed by atoms with Crippen molar-refractivity contribution in [2.45, 2.75) is 12.8 Å². The molecule has 0 saturated heterocycles. The van der Waals surface area contributed by atoms with Gasteiger partial charge in [-0.05, 0) is 6.92 Å². The van der Waals surface area contributed by atoms with Gasteiger partial charge in [-0.3, -0.25) is 4.57 Å². The molecule has 0 aliphatic rings. The molecule has 0 aliphatic heterocycles. The summed E-state index contributed by atoms with van der Waals surface area (Å²) in [5.41, 5.74) is 0. The molecule has 0 spiro atoms. The fourth-order valence-corrected chi connectivity index (χ4v) is 0. The van der Waals surface area contributed by atoms with E-state index in [1.54, 1.807) is 0 Å². The van der Waals surface area contributed by atoms with E-state index in [2.05, 4.69) is 0 Å². The summed E-state index contributed by atoms with van der Waals surface area (Å²) >= 11 is 0. The molecule has 7 nitrogen and oxygen atoms in total. The van der Waals surface area contributed by atoms with Crippen LogP contribution in [0, 0.1) is 0 Å². The largest absolute Gasteiger partial charge is 1.00 e. The van der Waals surface area contributed by atoms with Crippen molar-refractivity contribution < 1.29 is 86.6 Å². The van der Waals surface area contributed by atoms with Crippen LogP contribution in [0.5, 0.6) is 0 Å². The normalized spacial score (nSPS) is 11.8. The molecule has 1 atom stereocenters. The molecule has 0 saturated carbocycles. The summed E-state index contributed by atoms with van der Waals surface area (Å²) in [5.74, 6) is -1.53. The molecule has 0 fully saturated rings. The smallest absolute Gasteiger partial charge is 1.00 e. The molecular weight excluding hydrogens is 237 g/mol. The maximum absolute atomic E-state index is 9.78. The van der Waals surface area contributed by atoms with Crippen LogP contribution in [0.15, 0.2) is 0 Å². The summed E-state index contributed by atoms with van der Waals surface area (Å²) in [6.07, 6.45) is 0. The van der Waals surface area contributed by atoms with E-state index in [0.29, 0.717) is 0 Å². The predicted octanol–water partition coefficient (Wildman–Crippen LogP) is -3.75. The number of rotatable bonds is 1. The summed E-state index contributed by atoms with van der Waals surface area (Å²) < 4.78 is 18.5. The molecule has 10 heteroatoms. The molecule has 0 aromatic heterocycles. The average molecular weight is 247 g/mol. The maximum Gasteiger partial charge on any atom is 1.00 e. The van der Waals surface area contributed by atoms with Gasteiger partial charge in [0.05, 0.1) is 0 Å². The van der Waals surface area contributed by atoms with Gasteiger partial charge in [0, 0.05) is 4.57 Å². The van der Waals surface area contributed by atoms with Crippen LogP contribution in [0.3, 0.4) is 0 Å². The number of hydrogen-bond acceptors (Lipinski definition) is 3. The fraction of sp³-hybridized carbons (Fsp3) is 1.00. The third-order valence-electron chi connectivity index (χ3n) is 0.487. The predicted molar refractivity (Wildman–Crippen MR) is 36.9 cm³/mol. The second kappa shape index (κ2) is 9.33. The van der Waals surface area contributed by atoms with Crippen LogP contribution in [-0.4, -0.2) is 30.5 Å². The van der Waals surface area contributed by atoms with Gasteiger partial charge in [-0.25, -0.2) is 0 Å². The van der Waals surface area contributed by atoms with Gasteiger partial charge in [0.25, 0.3) is 0 Å². The molecule has 0 radical (unpaired) electrons. The summed E-state index contributed by atoms with van der Waals surface area (Å²) in [6.45, 7) is 1.04. The van der Waals surface area contributed by atoms with Crippen molar-refractivity contribution in [2.24, 2.45) is 0 Å². The second-order valence-corrected chi connectivity index (χ2v) is 3.90. The first-order chi connectivity index (χ1) is 4.68. The van der Waals surface area contributed by atoms with Crippen molar-refractivity contribution in [3.8, 4) is 0 Å². The van der Waals surface area contributed by atoms with Gasteiger partial charge in [0.15, 0.2) is 5.85 Å². The van der Waals surface area contributed by atoms with Gasteiger partial charge in [-0.1, -0.05) is 0 Å². The van der Waals surface area contributed by atoms with Crippen LogP contribution in [0.4, 0.5) is 0 Å². The van der Waals surface area contributed by atoms with Crippen molar-refractivity contribution in [2.75, 3.05) is 0 Å². The van der Waals surface area contributed by atoms with Crippen molar-refractivity contribution >= 4 is 15.9 Å². The molecule has 1 unspecified atom stereocenters. The summed E-state index contributed by atoms with van der Waals surface area (Å²) in [6, 6.07) is 0. The summed E-state index contributed by atoms with van der Waals surface area (Å²) in [4.78, 5) is 30.2. The van der Waals surface area contributed by atoms with Gasteiger partial charge in [0.1, 0.15) is 0 Å². The van der Waals surface area contributed by atoms with E-state index in [-0.39, 0.29) is 52.8 Å². The van der Waals surface area contributed by atoms with E-state index in [9.17, 15) is 4.57 Å². The summed E-state index contributed by atoms with van der Waals surface area (Å²) in [5, 5.41) is 8.13. The van der Waals surface area contributed by atoms with Crippen molar-refractivity contribution in [1.82, 2.24) is 0 Å². The standard InChI is InChI=1S/C2H7O4P.K.HO3P.H/c1-2(3)7(4,5)6;;1-4(2)3;/h2-3H,1H3,(H2,4,5,6);;(H-,1,2,3);/q;+1;;-1/p+1. The first kappa shape index (κ1) is 19.4. The van der Waals surface area contributed by atoms with E-state index in [4.69, 9.17) is 29.2 Å². The SMILES string of the molecule is CC(O)P(=O)(O)O.O=[P+](O)O.[H-].[K+]. The van der Waals surface area contributed by atoms with Crippen molar-refractivity contribution in [1.29, 1.82) is 0 Å². The Morgan fingerprint density at radius 2 is 1.50 bits per heavy atom. The summed E-state index contributed by atoms with van der Waals surface area (Å²) in [7, 11) is -7.05. The number of aliphatic hydroxyl groups is 1. The monoisotopic (exact) mass is 247 g/mol. The third-order valence-corrected chi connectivity index (χ3v) is 1.46. The van der Waals surface area contributed by atoms with Crippen molar-refractivity contribution in [3.05, 3.63) is 0 Å². The Labute approximate surface area is 114 Å². The fourth-order valence-electron chi connectivity index (χ4n) is 0. The van der Waals surface area contributed by atoms with Gasteiger partial charge < -0.3 is 16.3 Å². The maximum atomic E-state index is 9.78. The Bertz CT molecular complexity index is 164. The zero-order valence-electron chi connectivity index (χ0n) is 7.52. The zero-order chi connectivity index (χ0) is 9.65. The van der Waals surface area contributed by atoms with E-state index in [1.165, 1.54) is 0 Å². The molecule has 0 aromatic carbocycles. The first-order valence-electron chi connectivity index (χ1n) is 2.26. The van der Waals surface area contributed by atoms with E-state index < -0.39 is 21.7 Å². The third kappa shape index (κ3) is 22.6. The van der Waals surface area contributed by atoms with Gasteiger partial charge in [-0.15, -0.1) is 9.79 Å². The second-order valence-electron chi connectivity index (χ2n) is 1.47. The van der Waals surface area contributed by atoms with Crippen LogP contribution >= 0.6 is 15.9 Å². The van der Waals surface area contributed by atoms with Crippen LogP contribution < -0.4 is 51.4 Å². The molecule has 0 amide bonds. The Morgan fingerprint density at radius 3 is 1.50 bits per heavy atom. The number of hydrogen-bond donors (Lipinski definition) is 5. The van der Waals surface area contributed by atoms with Gasteiger partial charge in [-0.2, -0.15) is 0 Å². The van der Waals surface area contributed by atoms with Crippen LogP contribution in [0.1, 0.15) is 8.35 Å². The minimum atomic E-state index is -4.18. The molecule has 5 N–H and O–H groups in total. The molecule has 0 bridgehead atoms. The molecule has 0 aliphatic carbocycles. The Kier molecular flexibility index (Phi) is 15.0. The molecule has 0 rings (SSSR count).